The smallest absolute Gasteiger partial charge is 0.225 e. The van der Waals surface area contributed by atoms with Crippen molar-refractivity contribution in [2.45, 2.75) is 20.8 Å². The number of rotatable bonds is 2. The fourth-order valence-corrected chi connectivity index (χ4v) is 3.48. The van der Waals surface area contributed by atoms with E-state index in [1.54, 1.807) is 23.5 Å². The van der Waals surface area contributed by atoms with E-state index in [1.165, 1.54) is 4.88 Å². The van der Waals surface area contributed by atoms with Crippen LogP contribution in [0.25, 0.3) is 10.2 Å². The Morgan fingerprint density at radius 3 is 2.67 bits per heavy atom. The largest absolute Gasteiger partial charge is 0.508 e. The van der Waals surface area contributed by atoms with Crippen molar-refractivity contribution in [3.8, 4) is 5.75 Å². The number of nitrogens with one attached hydrogen (secondary N) is 1. The fraction of sp³-hybridized carbons (Fsp3) is 0.200. The van der Waals surface area contributed by atoms with E-state index in [4.69, 9.17) is 11.6 Å². The Morgan fingerprint density at radius 2 is 1.95 bits per heavy atom. The van der Waals surface area contributed by atoms with Crippen molar-refractivity contribution >= 4 is 44.7 Å². The molecule has 6 heteroatoms. The molecule has 0 unspecified atom stereocenters. The summed E-state index contributed by atoms with van der Waals surface area (Å²) in [5, 5.41) is 14.0. The van der Waals surface area contributed by atoms with Crippen LogP contribution in [0, 0.1) is 20.8 Å². The number of thiophene rings is 1. The van der Waals surface area contributed by atoms with Crippen molar-refractivity contribution in [3.05, 3.63) is 39.5 Å². The maximum atomic E-state index is 9.49. The molecule has 0 fully saturated rings. The average Bonchev–Trinajstić information content (AvgIpc) is 2.68. The van der Waals surface area contributed by atoms with Crippen molar-refractivity contribution in [3.63, 3.8) is 0 Å². The fourth-order valence-electron chi connectivity index (χ4n) is 2.23. The van der Waals surface area contributed by atoms with Gasteiger partial charge in [0.05, 0.1) is 5.39 Å². The lowest BCUT2D eigenvalue weighted by Gasteiger charge is -2.11. The lowest BCUT2D eigenvalue weighted by atomic mass is 10.1. The van der Waals surface area contributed by atoms with Gasteiger partial charge in [-0.15, -0.1) is 11.3 Å². The van der Waals surface area contributed by atoms with E-state index in [0.29, 0.717) is 5.82 Å². The van der Waals surface area contributed by atoms with Gasteiger partial charge in [0.25, 0.3) is 0 Å². The van der Waals surface area contributed by atoms with Gasteiger partial charge in [0.15, 0.2) is 0 Å². The minimum absolute atomic E-state index is 0.225. The summed E-state index contributed by atoms with van der Waals surface area (Å²) in [7, 11) is 0. The van der Waals surface area contributed by atoms with Gasteiger partial charge in [-0.05, 0) is 61.7 Å². The summed E-state index contributed by atoms with van der Waals surface area (Å²) < 4.78 is 0. The molecule has 2 heterocycles. The van der Waals surface area contributed by atoms with Gasteiger partial charge in [-0.2, -0.15) is 4.98 Å². The number of benzene rings is 1. The second-order valence-corrected chi connectivity index (χ2v) is 6.47. The first-order chi connectivity index (χ1) is 9.95. The number of aromatic hydroxyl groups is 1. The van der Waals surface area contributed by atoms with Crippen molar-refractivity contribution < 1.29 is 5.11 Å². The lowest BCUT2D eigenvalue weighted by molar-refractivity contribution is 0.475. The summed E-state index contributed by atoms with van der Waals surface area (Å²) in [6.07, 6.45) is 0. The maximum absolute atomic E-state index is 9.49. The molecule has 0 bridgehead atoms. The molecule has 3 aromatic rings. The Kier molecular flexibility index (Phi) is 3.47. The lowest BCUT2D eigenvalue weighted by Crippen LogP contribution is -1.98. The average molecular weight is 320 g/mol. The SMILES string of the molecule is Cc1cc(O)ccc1Nc1nc(Cl)nc2sc(C)c(C)c12. The van der Waals surface area contributed by atoms with Crippen LogP contribution in [0.2, 0.25) is 5.28 Å². The molecule has 0 amide bonds. The van der Waals surface area contributed by atoms with E-state index in [0.717, 1.165) is 27.0 Å². The Morgan fingerprint density at radius 1 is 1.19 bits per heavy atom. The summed E-state index contributed by atoms with van der Waals surface area (Å²) in [6, 6.07) is 5.16. The van der Waals surface area contributed by atoms with Crippen molar-refractivity contribution in [2.75, 3.05) is 5.32 Å². The van der Waals surface area contributed by atoms with Gasteiger partial charge in [0.1, 0.15) is 16.4 Å². The quantitative estimate of drug-likeness (QED) is 0.530. The monoisotopic (exact) mass is 319 g/mol. The molecule has 2 aromatic heterocycles. The Balaban J connectivity index is 2.15. The number of phenols is 1. The zero-order valence-corrected chi connectivity index (χ0v) is 13.4. The van der Waals surface area contributed by atoms with Gasteiger partial charge in [0.2, 0.25) is 5.28 Å². The predicted octanol–water partition coefficient (Wildman–Crippen LogP) is 4.72. The molecule has 0 aliphatic heterocycles. The van der Waals surface area contributed by atoms with Crippen molar-refractivity contribution in [2.24, 2.45) is 0 Å². The topological polar surface area (TPSA) is 58.0 Å². The van der Waals surface area contributed by atoms with Gasteiger partial charge < -0.3 is 10.4 Å². The molecule has 3 rings (SSSR count). The van der Waals surface area contributed by atoms with E-state index in [-0.39, 0.29) is 11.0 Å². The first-order valence-electron chi connectivity index (χ1n) is 6.45. The molecule has 0 saturated heterocycles. The molecule has 0 atom stereocenters. The minimum Gasteiger partial charge on any atom is -0.508 e. The van der Waals surface area contributed by atoms with Crippen LogP contribution in [-0.4, -0.2) is 15.1 Å². The van der Waals surface area contributed by atoms with Crippen LogP contribution in [0.3, 0.4) is 0 Å². The summed E-state index contributed by atoms with van der Waals surface area (Å²) >= 11 is 7.63. The van der Waals surface area contributed by atoms with Crippen LogP contribution in [0.4, 0.5) is 11.5 Å². The number of anilines is 2. The first kappa shape index (κ1) is 14.1. The predicted molar refractivity (Wildman–Crippen MR) is 88.0 cm³/mol. The van der Waals surface area contributed by atoms with Crippen LogP contribution in [0.1, 0.15) is 16.0 Å². The number of hydrogen-bond donors (Lipinski definition) is 2. The number of phenolic OH excluding ortho intramolecular Hbond substituents is 1. The Bertz CT molecular complexity index is 845. The number of nitrogens with zero attached hydrogens (tertiary/aromatic N) is 2. The van der Waals surface area contributed by atoms with E-state index in [9.17, 15) is 5.11 Å². The van der Waals surface area contributed by atoms with Crippen molar-refractivity contribution in [1.82, 2.24) is 9.97 Å². The highest BCUT2D eigenvalue weighted by Crippen LogP contribution is 2.35. The molecule has 108 valence electrons. The number of aromatic nitrogens is 2. The molecule has 21 heavy (non-hydrogen) atoms. The van der Waals surface area contributed by atoms with Crippen LogP contribution in [0.15, 0.2) is 18.2 Å². The van der Waals surface area contributed by atoms with Crippen molar-refractivity contribution in [1.29, 1.82) is 0 Å². The molecule has 2 N–H and O–H groups in total. The van der Waals surface area contributed by atoms with Gasteiger partial charge in [-0.3, -0.25) is 0 Å². The van der Waals surface area contributed by atoms with Gasteiger partial charge >= 0.3 is 0 Å². The van der Waals surface area contributed by atoms with E-state index in [1.807, 2.05) is 13.0 Å². The molecule has 0 saturated carbocycles. The maximum Gasteiger partial charge on any atom is 0.225 e. The molecular weight excluding hydrogens is 306 g/mol. The van der Waals surface area contributed by atoms with E-state index >= 15 is 0 Å². The molecule has 4 nitrogen and oxygen atoms in total. The zero-order valence-electron chi connectivity index (χ0n) is 11.9. The number of fused-ring (bicyclic) bond motifs is 1. The third kappa shape index (κ3) is 2.54. The van der Waals surface area contributed by atoms with Crippen LogP contribution in [-0.2, 0) is 0 Å². The van der Waals surface area contributed by atoms with E-state index in [2.05, 4.69) is 29.1 Å². The third-order valence-electron chi connectivity index (χ3n) is 3.46. The number of aryl methyl sites for hydroxylation is 3. The molecular formula is C15H14ClN3OS. The highest BCUT2D eigenvalue weighted by Gasteiger charge is 2.14. The molecule has 1 aromatic carbocycles. The Hall–Kier alpha value is -1.85. The second-order valence-electron chi connectivity index (χ2n) is 4.93. The molecule has 0 aliphatic rings. The van der Waals surface area contributed by atoms with Gasteiger partial charge in [-0.25, -0.2) is 4.98 Å². The summed E-state index contributed by atoms with van der Waals surface area (Å²) in [5.74, 6) is 0.937. The molecule has 0 spiro atoms. The zero-order chi connectivity index (χ0) is 15.1. The summed E-state index contributed by atoms with van der Waals surface area (Å²) in [5.41, 5.74) is 2.97. The Labute approximate surface area is 131 Å². The first-order valence-corrected chi connectivity index (χ1v) is 7.65. The third-order valence-corrected chi connectivity index (χ3v) is 4.73. The normalized spacial score (nSPS) is 11.0. The van der Waals surface area contributed by atoms with Crippen LogP contribution < -0.4 is 5.32 Å². The molecule has 0 radical (unpaired) electrons. The summed E-state index contributed by atoms with van der Waals surface area (Å²) in [4.78, 5) is 10.7. The minimum atomic E-state index is 0.225. The highest BCUT2D eigenvalue weighted by atomic mass is 35.5. The van der Waals surface area contributed by atoms with Crippen LogP contribution >= 0.6 is 22.9 Å². The summed E-state index contributed by atoms with van der Waals surface area (Å²) in [6.45, 7) is 6.04. The van der Waals surface area contributed by atoms with E-state index < -0.39 is 0 Å². The second kappa shape index (κ2) is 5.16. The molecule has 0 aliphatic carbocycles. The van der Waals surface area contributed by atoms with Gasteiger partial charge in [0, 0.05) is 10.6 Å². The van der Waals surface area contributed by atoms with Crippen LogP contribution in [0.5, 0.6) is 5.75 Å². The number of hydrogen-bond acceptors (Lipinski definition) is 5. The van der Waals surface area contributed by atoms with Gasteiger partial charge in [-0.1, -0.05) is 0 Å². The highest BCUT2D eigenvalue weighted by molar-refractivity contribution is 7.18. The standard InChI is InChI=1S/C15H14ClN3OS/c1-7-6-10(20)4-5-11(7)17-13-12-8(2)9(3)21-14(12)19-15(16)18-13/h4-6,20H,1-3H3,(H,17,18,19). The number of halogens is 1.